The van der Waals surface area contributed by atoms with E-state index in [4.69, 9.17) is 0 Å². The summed E-state index contributed by atoms with van der Waals surface area (Å²) in [5.74, 6) is -1.25. The average Bonchev–Trinajstić information content (AvgIpc) is 2.63. The van der Waals surface area contributed by atoms with Crippen LogP contribution in [0.1, 0.15) is 61.3 Å². The molecule has 0 fully saturated rings. The predicted molar refractivity (Wildman–Crippen MR) is 119 cm³/mol. The summed E-state index contributed by atoms with van der Waals surface area (Å²) in [4.78, 5) is 51.6. The largest absolute Gasteiger partial charge is 0.353 e. The topological polar surface area (TPSA) is 108 Å². The van der Waals surface area contributed by atoms with Gasteiger partial charge >= 0.3 is 0 Å². The minimum atomic E-state index is -0.871. The Hall–Kier alpha value is -1.96. The van der Waals surface area contributed by atoms with Crippen molar-refractivity contribution in [3.05, 3.63) is 0 Å². The van der Waals surface area contributed by atoms with Gasteiger partial charge in [-0.1, -0.05) is 41.5 Å². The van der Waals surface area contributed by atoms with Gasteiger partial charge in [0.1, 0.15) is 11.8 Å². The summed E-state index contributed by atoms with van der Waals surface area (Å²) in [5.41, 5.74) is -0.603. The second-order valence-corrected chi connectivity index (χ2v) is 9.44. The SMILES string of the molecule is CNCCNC(=O)[C@H](CC(=O)C(C)(C)C)N(C)C(=O)C(C)CC(C)NC(=O)C(C)C. The van der Waals surface area contributed by atoms with E-state index < -0.39 is 17.4 Å². The standard InChI is InChI=1S/C22H42N4O4/c1-14(2)19(28)25-16(4)12-15(3)21(30)26(9)17(13-18(27)22(5,6)7)20(29)24-11-10-23-8/h14-17,23H,10-13H2,1-9H3,(H,24,29)(H,25,28)/t15?,16?,17-/m0/s1. The Morgan fingerprint density at radius 1 is 0.933 bits per heavy atom. The van der Waals surface area contributed by atoms with Crippen LogP contribution in [-0.2, 0) is 19.2 Å². The molecule has 0 saturated heterocycles. The summed E-state index contributed by atoms with van der Waals surface area (Å²) in [5, 5.41) is 8.63. The van der Waals surface area contributed by atoms with Crippen LogP contribution in [-0.4, -0.2) is 67.7 Å². The lowest BCUT2D eigenvalue weighted by atomic mass is 9.86. The van der Waals surface area contributed by atoms with E-state index in [0.29, 0.717) is 19.5 Å². The van der Waals surface area contributed by atoms with E-state index in [-0.39, 0.29) is 41.9 Å². The molecule has 0 radical (unpaired) electrons. The normalized spacial score (nSPS) is 14.6. The molecule has 0 aliphatic heterocycles. The summed E-state index contributed by atoms with van der Waals surface area (Å²) in [6, 6.07) is -1.05. The Balaban J connectivity index is 5.27. The van der Waals surface area contributed by atoms with Gasteiger partial charge in [0.25, 0.3) is 0 Å². The first-order chi connectivity index (χ1) is 13.7. The van der Waals surface area contributed by atoms with E-state index in [0.717, 1.165) is 0 Å². The van der Waals surface area contributed by atoms with E-state index in [9.17, 15) is 19.2 Å². The molecule has 0 aliphatic rings. The van der Waals surface area contributed by atoms with Gasteiger partial charge in [0.15, 0.2) is 0 Å². The van der Waals surface area contributed by atoms with E-state index >= 15 is 0 Å². The first kappa shape index (κ1) is 28.0. The van der Waals surface area contributed by atoms with Crippen molar-refractivity contribution in [2.45, 2.75) is 73.4 Å². The number of nitrogens with one attached hydrogen (secondary N) is 3. The lowest BCUT2D eigenvalue weighted by Crippen LogP contribution is -2.52. The molecule has 8 nitrogen and oxygen atoms in total. The minimum Gasteiger partial charge on any atom is -0.353 e. The smallest absolute Gasteiger partial charge is 0.243 e. The van der Waals surface area contributed by atoms with Crippen molar-refractivity contribution in [2.24, 2.45) is 17.3 Å². The number of rotatable bonds is 12. The zero-order valence-corrected chi connectivity index (χ0v) is 20.2. The number of likely N-dealkylation sites (N-methyl/N-ethyl adjacent to an activating group) is 2. The Bertz CT molecular complexity index is 598. The molecule has 3 amide bonds. The minimum absolute atomic E-state index is 0.0382. The zero-order chi connectivity index (χ0) is 23.6. The zero-order valence-electron chi connectivity index (χ0n) is 20.2. The van der Waals surface area contributed by atoms with Crippen molar-refractivity contribution in [1.29, 1.82) is 0 Å². The lowest BCUT2D eigenvalue weighted by Gasteiger charge is -2.31. The van der Waals surface area contributed by atoms with Crippen LogP contribution in [0.2, 0.25) is 0 Å². The van der Waals surface area contributed by atoms with Gasteiger partial charge in [0, 0.05) is 49.9 Å². The Morgan fingerprint density at radius 3 is 1.97 bits per heavy atom. The molecule has 0 bridgehead atoms. The number of ketones is 1. The predicted octanol–water partition coefficient (Wildman–Crippen LogP) is 1.34. The first-order valence-electron chi connectivity index (χ1n) is 10.7. The third kappa shape index (κ3) is 9.69. The van der Waals surface area contributed by atoms with Gasteiger partial charge in [-0.3, -0.25) is 19.2 Å². The van der Waals surface area contributed by atoms with Crippen LogP contribution in [0.3, 0.4) is 0 Å². The molecule has 0 aromatic rings. The number of amides is 3. The van der Waals surface area contributed by atoms with E-state index in [1.807, 2.05) is 20.8 Å². The average molecular weight is 427 g/mol. The molecular weight excluding hydrogens is 384 g/mol. The number of hydrogen-bond donors (Lipinski definition) is 3. The summed E-state index contributed by atoms with van der Waals surface area (Å²) >= 11 is 0. The van der Waals surface area contributed by atoms with Crippen LogP contribution in [0, 0.1) is 17.3 Å². The highest BCUT2D eigenvalue weighted by molar-refractivity contribution is 5.94. The molecule has 0 aliphatic carbocycles. The van der Waals surface area contributed by atoms with Crippen LogP contribution >= 0.6 is 0 Å². The summed E-state index contributed by atoms with van der Waals surface area (Å²) in [6.45, 7) is 13.7. The maximum absolute atomic E-state index is 13.0. The number of carbonyl (C=O) groups is 4. The maximum atomic E-state index is 13.0. The third-order valence-corrected chi connectivity index (χ3v) is 5.05. The lowest BCUT2D eigenvalue weighted by molar-refractivity contribution is -0.144. The van der Waals surface area contributed by atoms with E-state index in [2.05, 4.69) is 16.0 Å². The quantitative estimate of drug-likeness (QED) is 0.408. The van der Waals surface area contributed by atoms with E-state index in [1.165, 1.54) is 4.90 Å². The molecule has 0 heterocycles. The maximum Gasteiger partial charge on any atom is 0.243 e. The van der Waals surface area contributed by atoms with Crippen molar-refractivity contribution < 1.29 is 19.2 Å². The van der Waals surface area contributed by atoms with Gasteiger partial charge in [0.05, 0.1) is 0 Å². The van der Waals surface area contributed by atoms with Gasteiger partial charge in [-0.25, -0.2) is 0 Å². The number of nitrogens with zero attached hydrogens (tertiary/aromatic N) is 1. The fourth-order valence-corrected chi connectivity index (χ4v) is 2.92. The highest BCUT2D eigenvalue weighted by atomic mass is 16.2. The van der Waals surface area contributed by atoms with Crippen molar-refractivity contribution in [3.63, 3.8) is 0 Å². The fourth-order valence-electron chi connectivity index (χ4n) is 2.92. The molecule has 3 atom stereocenters. The molecule has 0 spiro atoms. The molecule has 0 saturated carbocycles. The number of carbonyl (C=O) groups excluding carboxylic acids is 4. The summed E-state index contributed by atoms with van der Waals surface area (Å²) in [6.07, 6.45) is 0.409. The highest BCUT2D eigenvalue weighted by Crippen LogP contribution is 2.21. The molecule has 0 rings (SSSR count). The molecular formula is C22H42N4O4. The monoisotopic (exact) mass is 426 g/mol. The third-order valence-electron chi connectivity index (χ3n) is 5.05. The first-order valence-corrected chi connectivity index (χ1v) is 10.7. The van der Waals surface area contributed by atoms with Crippen LogP contribution in [0.4, 0.5) is 0 Å². The Kier molecular flexibility index (Phi) is 11.8. The molecule has 2 unspecified atom stereocenters. The van der Waals surface area contributed by atoms with Gasteiger partial charge < -0.3 is 20.9 Å². The van der Waals surface area contributed by atoms with Crippen LogP contribution in [0.15, 0.2) is 0 Å². The van der Waals surface area contributed by atoms with Crippen LogP contribution in [0.25, 0.3) is 0 Å². The van der Waals surface area contributed by atoms with Crippen LogP contribution < -0.4 is 16.0 Å². The molecule has 8 heteroatoms. The van der Waals surface area contributed by atoms with Crippen molar-refractivity contribution in [2.75, 3.05) is 27.2 Å². The molecule has 0 aromatic carbocycles. The summed E-state index contributed by atoms with van der Waals surface area (Å²) < 4.78 is 0. The highest BCUT2D eigenvalue weighted by Gasteiger charge is 2.34. The van der Waals surface area contributed by atoms with Crippen molar-refractivity contribution in [3.8, 4) is 0 Å². The fraction of sp³-hybridized carbons (Fsp3) is 0.818. The van der Waals surface area contributed by atoms with Gasteiger partial charge in [-0.2, -0.15) is 0 Å². The van der Waals surface area contributed by atoms with Gasteiger partial charge in [-0.15, -0.1) is 0 Å². The van der Waals surface area contributed by atoms with Crippen LogP contribution in [0.5, 0.6) is 0 Å². The number of hydrogen-bond acceptors (Lipinski definition) is 5. The molecule has 174 valence electrons. The number of Topliss-reactive ketones (excluding diaryl/α,β-unsaturated/α-hetero) is 1. The van der Waals surface area contributed by atoms with Gasteiger partial charge in [0.2, 0.25) is 17.7 Å². The van der Waals surface area contributed by atoms with Gasteiger partial charge in [-0.05, 0) is 20.4 Å². The van der Waals surface area contributed by atoms with Crippen molar-refractivity contribution >= 4 is 23.5 Å². The molecule has 0 aromatic heterocycles. The molecule has 3 N–H and O–H groups in total. The van der Waals surface area contributed by atoms with E-state index in [1.54, 1.807) is 41.8 Å². The molecule has 30 heavy (non-hydrogen) atoms. The second-order valence-electron chi connectivity index (χ2n) is 9.44. The second kappa shape index (κ2) is 12.7. The Labute approximate surface area is 181 Å². The Morgan fingerprint density at radius 2 is 1.50 bits per heavy atom. The van der Waals surface area contributed by atoms with Crippen molar-refractivity contribution in [1.82, 2.24) is 20.9 Å². The summed E-state index contributed by atoms with van der Waals surface area (Å²) in [7, 11) is 3.35.